The molecule has 1 N–H and O–H groups in total. The molecule has 4 rings (SSSR count). The van der Waals surface area contributed by atoms with Gasteiger partial charge in [-0.2, -0.15) is 13.2 Å². The number of amides is 1. The van der Waals surface area contributed by atoms with Crippen molar-refractivity contribution in [3.8, 4) is 0 Å². The summed E-state index contributed by atoms with van der Waals surface area (Å²) in [6.07, 6.45) is -3.58. The summed E-state index contributed by atoms with van der Waals surface area (Å²) < 4.78 is 39.3. The molecule has 0 bridgehead atoms. The molecule has 0 spiro atoms. The normalized spacial score (nSPS) is 20.5. The van der Waals surface area contributed by atoms with E-state index in [4.69, 9.17) is 0 Å². The number of hydrogen-bond donors (Lipinski definition) is 1. The monoisotopic (exact) mass is 428 g/mol. The highest BCUT2D eigenvalue weighted by Crippen LogP contribution is 2.48. The number of Topliss-reactive ketones (excluding diaryl/α,β-unsaturated/α-hetero) is 1. The van der Waals surface area contributed by atoms with Crippen molar-refractivity contribution < 1.29 is 22.8 Å². The quantitative estimate of drug-likeness (QED) is 0.618. The molecule has 2 aliphatic rings. The lowest BCUT2D eigenvalue weighted by atomic mass is 9.73. The van der Waals surface area contributed by atoms with E-state index in [0.29, 0.717) is 41.1 Å². The molecule has 1 amide bonds. The Labute approximate surface area is 178 Å². The van der Waals surface area contributed by atoms with E-state index in [1.54, 1.807) is 12.1 Å². The summed E-state index contributed by atoms with van der Waals surface area (Å²) in [6.45, 7) is 5.41. The van der Waals surface area contributed by atoms with Gasteiger partial charge in [0.05, 0.1) is 23.0 Å². The molecule has 0 fully saturated rings. The molecular weight excluding hydrogens is 405 g/mol. The summed E-state index contributed by atoms with van der Waals surface area (Å²) in [4.78, 5) is 27.6. The van der Waals surface area contributed by atoms with E-state index in [0.717, 1.165) is 12.1 Å². The van der Waals surface area contributed by atoms with Crippen molar-refractivity contribution >= 4 is 23.1 Å². The van der Waals surface area contributed by atoms with E-state index in [1.807, 2.05) is 26.0 Å². The molecule has 162 valence electrons. The number of ketones is 1. The lowest BCUT2D eigenvalue weighted by Gasteiger charge is -2.36. The van der Waals surface area contributed by atoms with Crippen LogP contribution in [0, 0.1) is 5.41 Å². The predicted molar refractivity (Wildman–Crippen MR) is 112 cm³/mol. The Morgan fingerprint density at radius 1 is 1.06 bits per heavy atom. The van der Waals surface area contributed by atoms with E-state index in [2.05, 4.69) is 5.32 Å². The topological polar surface area (TPSA) is 49.4 Å². The van der Waals surface area contributed by atoms with Crippen LogP contribution in [0.3, 0.4) is 0 Å². The number of nitrogens with one attached hydrogen (secondary N) is 1. The van der Waals surface area contributed by atoms with Gasteiger partial charge < -0.3 is 5.32 Å². The van der Waals surface area contributed by atoms with Crippen molar-refractivity contribution in [2.24, 2.45) is 5.41 Å². The Morgan fingerprint density at radius 2 is 1.71 bits per heavy atom. The molecule has 0 saturated heterocycles. The van der Waals surface area contributed by atoms with Gasteiger partial charge in [-0.25, -0.2) is 0 Å². The molecule has 2 aromatic carbocycles. The van der Waals surface area contributed by atoms with Gasteiger partial charge in [-0.05, 0) is 41.7 Å². The second kappa shape index (κ2) is 7.25. The Kier molecular flexibility index (Phi) is 4.95. The van der Waals surface area contributed by atoms with Crippen LogP contribution in [0.1, 0.15) is 50.8 Å². The van der Waals surface area contributed by atoms with Gasteiger partial charge in [0, 0.05) is 24.6 Å². The van der Waals surface area contributed by atoms with Crippen LogP contribution >= 0.6 is 0 Å². The third kappa shape index (κ3) is 3.84. The van der Waals surface area contributed by atoms with Crippen molar-refractivity contribution in [3.05, 3.63) is 70.9 Å². The fraction of sp³-hybridized carbons (Fsp3) is 0.333. The predicted octanol–water partition coefficient (Wildman–Crippen LogP) is 5.87. The van der Waals surface area contributed by atoms with E-state index < -0.39 is 17.8 Å². The van der Waals surface area contributed by atoms with Crippen LogP contribution in [0.25, 0.3) is 0 Å². The minimum absolute atomic E-state index is 0.109. The van der Waals surface area contributed by atoms with Gasteiger partial charge in [-0.3, -0.25) is 14.5 Å². The van der Waals surface area contributed by atoms with Crippen molar-refractivity contribution in [2.75, 3.05) is 10.2 Å². The second-order valence-electron chi connectivity index (χ2n) is 8.89. The first-order chi connectivity index (χ1) is 14.5. The molecule has 0 radical (unpaired) electrons. The van der Waals surface area contributed by atoms with Crippen LogP contribution in [0.4, 0.5) is 24.5 Å². The molecule has 31 heavy (non-hydrogen) atoms. The smallest absolute Gasteiger partial charge is 0.357 e. The maximum Gasteiger partial charge on any atom is 0.416 e. The standard InChI is InChI=1S/C24H23F3N2O2/c1-14(30)29-19-7-5-4-6-17(19)28-18-12-23(2,3)13-20(31)21(18)22(29)15-8-10-16(11-9-15)24(25,26)27/h4-11,22,28H,12-13H2,1-3H3/t22-/m1/s1. The summed E-state index contributed by atoms with van der Waals surface area (Å²) in [7, 11) is 0. The second-order valence-corrected chi connectivity index (χ2v) is 8.89. The van der Waals surface area contributed by atoms with Crippen molar-refractivity contribution in [1.29, 1.82) is 0 Å². The number of anilines is 2. The van der Waals surface area contributed by atoms with Gasteiger partial charge >= 0.3 is 6.18 Å². The van der Waals surface area contributed by atoms with Crippen LogP contribution in [-0.4, -0.2) is 11.7 Å². The van der Waals surface area contributed by atoms with Crippen molar-refractivity contribution in [3.63, 3.8) is 0 Å². The number of halogens is 3. The van der Waals surface area contributed by atoms with Gasteiger partial charge in [-0.15, -0.1) is 0 Å². The minimum atomic E-state index is -4.47. The SMILES string of the molecule is CC(=O)N1c2ccccc2NC2=C(C(=O)CC(C)(C)C2)[C@H]1c1ccc(C(F)(F)F)cc1. The molecule has 7 heteroatoms. The highest BCUT2D eigenvalue weighted by atomic mass is 19.4. The number of fused-ring (bicyclic) bond motifs is 1. The number of carbonyl (C=O) groups is 2. The highest BCUT2D eigenvalue weighted by molar-refractivity contribution is 6.05. The average molecular weight is 428 g/mol. The zero-order chi connectivity index (χ0) is 22.6. The molecule has 0 unspecified atom stereocenters. The largest absolute Gasteiger partial charge is 0.416 e. The Morgan fingerprint density at radius 3 is 2.32 bits per heavy atom. The number of nitrogens with zero attached hydrogens (tertiary/aromatic N) is 1. The number of rotatable bonds is 1. The van der Waals surface area contributed by atoms with E-state index in [9.17, 15) is 22.8 Å². The maximum atomic E-state index is 13.3. The number of hydrogen-bond acceptors (Lipinski definition) is 3. The zero-order valence-electron chi connectivity index (χ0n) is 17.5. The van der Waals surface area contributed by atoms with Crippen LogP contribution < -0.4 is 10.2 Å². The van der Waals surface area contributed by atoms with Crippen LogP contribution in [0.2, 0.25) is 0 Å². The molecular formula is C24H23F3N2O2. The average Bonchev–Trinajstić information content (AvgIpc) is 2.80. The molecule has 0 saturated carbocycles. The van der Waals surface area contributed by atoms with E-state index >= 15 is 0 Å². The fourth-order valence-corrected chi connectivity index (χ4v) is 4.51. The van der Waals surface area contributed by atoms with Gasteiger partial charge in [-0.1, -0.05) is 38.1 Å². The first kappa shape index (κ1) is 21.2. The summed E-state index contributed by atoms with van der Waals surface area (Å²) in [5.41, 5.74) is 1.83. The van der Waals surface area contributed by atoms with Gasteiger partial charge in [0.2, 0.25) is 5.91 Å². The lowest BCUT2D eigenvalue weighted by Crippen LogP contribution is -2.38. The molecule has 2 aromatic rings. The Bertz CT molecular complexity index is 1080. The van der Waals surface area contributed by atoms with E-state index in [-0.39, 0.29) is 17.1 Å². The van der Waals surface area contributed by atoms with Crippen molar-refractivity contribution in [2.45, 2.75) is 45.8 Å². The molecule has 0 aromatic heterocycles. The van der Waals surface area contributed by atoms with Gasteiger partial charge in [0.25, 0.3) is 0 Å². The Balaban J connectivity index is 1.96. The molecule has 1 aliphatic heterocycles. The number of alkyl halides is 3. The summed E-state index contributed by atoms with van der Waals surface area (Å²) in [6, 6.07) is 11.1. The third-order valence-corrected chi connectivity index (χ3v) is 5.79. The zero-order valence-corrected chi connectivity index (χ0v) is 17.5. The molecule has 4 nitrogen and oxygen atoms in total. The number of benzene rings is 2. The number of para-hydroxylation sites is 2. The number of carbonyl (C=O) groups excluding carboxylic acids is 2. The summed E-state index contributed by atoms with van der Waals surface area (Å²) in [5, 5.41) is 3.35. The molecule has 1 heterocycles. The van der Waals surface area contributed by atoms with Crippen LogP contribution in [-0.2, 0) is 15.8 Å². The molecule has 1 aliphatic carbocycles. The first-order valence-electron chi connectivity index (χ1n) is 10.1. The lowest BCUT2D eigenvalue weighted by molar-refractivity contribution is -0.137. The van der Waals surface area contributed by atoms with Gasteiger partial charge in [0.15, 0.2) is 5.78 Å². The summed E-state index contributed by atoms with van der Waals surface area (Å²) in [5.74, 6) is -0.409. The third-order valence-electron chi connectivity index (χ3n) is 5.79. The highest BCUT2D eigenvalue weighted by Gasteiger charge is 2.42. The number of allylic oxidation sites excluding steroid dienone is 1. The van der Waals surface area contributed by atoms with Crippen molar-refractivity contribution in [1.82, 2.24) is 0 Å². The van der Waals surface area contributed by atoms with Crippen LogP contribution in [0.5, 0.6) is 0 Å². The van der Waals surface area contributed by atoms with E-state index in [1.165, 1.54) is 24.0 Å². The summed E-state index contributed by atoms with van der Waals surface area (Å²) >= 11 is 0. The maximum absolute atomic E-state index is 13.3. The van der Waals surface area contributed by atoms with Gasteiger partial charge in [0.1, 0.15) is 0 Å². The first-order valence-corrected chi connectivity index (χ1v) is 10.1. The fourth-order valence-electron chi connectivity index (χ4n) is 4.51. The van der Waals surface area contributed by atoms with Crippen LogP contribution in [0.15, 0.2) is 59.8 Å². The molecule has 1 atom stereocenters. The Hall–Kier alpha value is -3.09. The minimum Gasteiger partial charge on any atom is -0.357 e.